The van der Waals surface area contributed by atoms with Crippen molar-refractivity contribution < 1.29 is 9.53 Å². The number of nitrogen functional groups attached to an aromatic ring is 2. The van der Waals surface area contributed by atoms with E-state index in [0.29, 0.717) is 24.2 Å². The highest BCUT2D eigenvalue weighted by atomic mass is 16.5. The van der Waals surface area contributed by atoms with E-state index in [1.807, 2.05) is 19.1 Å². The van der Waals surface area contributed by atoms with Crippen molar-refractivity contribution in [2.75, 3.05) is 11.5 Å². The topological polar surface area (TPSA) is 78.3 Å². The Bertz CT molecular complexity index is 398. The molecule has 0 spiro atoms. The SMILES string of the molecule is CCCCCC(=O)OC(CC)c1cc(N)cc(N)c1. The number of hydrogen-bond donors (Lipinski definition) is 2. The van der Waals surface area contributed by atoms with Crippen molar-refractivity contribution >= 4 is 17.3 Å². The molecule has 4 nitrogen and oxygen atoms in total. The Morgan fingerprint density at radius 1 is 1.16 bits per heavy atom. The molecule has 19 heavy (non-hydrogen) atoms. The minimum absolute atomic E-state index is 0.152. The normalized spacial score (nSPS) is 12.1. The lowest BCUT2D eigenvalue weighted by atomic mass is 10.1. The zero-order valence-corrected chi connectivity index (χ0v) is 11.8. The van der Waals surface area contributed by atoms with Gasteiger partial charge < -0.3 is 16.2 Å². The molecule has 1 aromatic carbocycles. The summed E-state index contributed by atoms with van der Waals surface area (Å²) in [6.07, 6.45) is 3.95. The first-order valence-electron chi connectivity index (χ1n) is 6.92. The van der Waals surface area contributed by atoms with Crippen LogP contribution in [0.5, 0.6) is 0 Å². The van der Waals surface area contributed by atoms with Gasteiger partial charge in [-0.1, -0.05) is 26.7 Å². The van der Waals surface area contributed by atoms with Crippen molar-refractivity contribution in [3.05, 3.63) is 23.8 Å². The molecule has 0 aliphatic heterocycles. The monoisotopic (exact) mass is 264 g/mol. The summed E-state index contributed by atoms with van der Waals surface area (Å²) in [5.41, 5.74) is 13.6. The zero-order valence-electron chi connectivity index (χ0n) is 11.8. The number of carbonyl (C=O) groups is 1. The Hall–Kier alpha value is -1.71. The van der Waals surface area contributed by atoms with Crippen molar-refractivity contribution in [3.8, 4) is 0 Å². The van der Waals surface area contributed by atoms with E-state index in [9.17, 15) is 4.79 Å². The zero-order chi connectivity index (χ0) is 14.3. The number of esters is 1. The third-order valence-corrected chi connectivity index (χ3v) is 3.00. The number of carbonyl (C=O) groups excluding carboxylic acids is 1. The molecule has 1 unspecified atom stereocenters. The van der Waals surface area contributed by atoms with Gasteiger partial charge in [0.05, 0.1) is 0 Å². The maximum atomic E-state index is 11.7. The maximum absolute atomic E-state index is 11.7. The lowest BCUT2D eigenvalue weighted by Crippen LogP contribution is -2.11. The fraction of sp³-hybridized carbons (Fsp3) is 0.533. The van der Waals surface area contributed by atoms with E-state index in [2.05, 4.69) is 6.92 Å². The molecular weight excluding hydrogens is 240 g/mol. The summed E-state index contributed by atoms with van der Waals surface area (Å²) in [6, 6.07) is 5.31. The number of anilines is 2. The van der Waals surface area contributed by atoms with E-state index in [-0.39, 0.29) is 12.1 Å². The predicted octanol–water partition coefficient (Wildman–Crippen LogP) is 3.43. The van der Waals surface area contributed by atoms with Crippen molar-refractivity contribution in [2.45, 2.75) is 52.1 Å². The molecule has 0 aromatic heterocycles. The van der Waals surface area contributed by atoms with Crippen LogP contribution in [0, 0.1) is 0 Å². The van der Waals surface area contributed by atoms with Gasteiger partial charge in [-0.3, -0.25) is 4.79 Å². The lowest BCUT2D eigenvalue weighted by Gasteiger charge is -2.17. The molecule has 0 saturated heterocycles. The van der Waals surface area contributed by atoms with Crippen LogP contribution >= 0.6 is 0 Å². The first-order chi connectivity index (χ1) is 9.06. The minimum atomic E-state index is -0.264. The molecule has 0 amide bonds. The molecule has 1 rings (SSSR count). The predicted molar refractivity (Wildman–Crippen MR) is 78.5 cm³/mol. The quantitative estimate of drug-likeness (QED) is 0.449. The highest BCUT2D eigenvalue weighted by Gasteiger charge is 2.15. The smallest absolute Gasteiger partial charge is 0.306 e. The molecule has 106 valence electrons. The Morgan fingerprint density at radius 2 is 1.79 bits per heavy atom. The Balaban J connectivity index is 2.64. The van der Waals surface area contributed by atoms with Gasteiger partial charge in [0.1, 0.15) is 6.10 Å². The molecule has 0 saturated carbocycles. The van der Waals surface area contributed by atoms with E-state index in [0.717, 1.165) is 24.8 Å². The number of nitrogens with two attached hydrogens (primary N) is 2. The van der Waals surface area contributed by atoms with E-state index in [1.54, 1.807) is 6.07 Å². The number of benzene rings is 1. The van der Waals surface area contributed by atoms with Crippen LogP contribution in [0.3, 0.4) is 0 Å². The maximum Gasteiger partial charge on any atom is 0.306 e. The van der Waals surface area contributed by atoms with Crippen LogP contribution in [0.4, 0.5) is 11.4 Å². The molecule has 0 bridgehead atoms. The summed E-state index contributed by atoms with van der Waals surface area (Å²) in [4.78, 5) is 11.7. The first kappa shape index (κ1) is 15.3. The summed E-state index contributed by atoms with van der Waals surface area (Å²) >= 11 is 0. The average molecular weight is 264 g/mol. The number of ether oxygens (including phenoxy) is 1. The van der Waals surface area contributed by atoms with Gasteiger partial charge in [0, 0.05) is 17.8 Å². The first-order valence-corrected chi connectivity index (χ1v) is 6.92. The van der Waals surface area contributed by atoms with Crippen LogP contribution in [-0.2, 0) is 9.53 Å². The summed E-state index contributed by atoms with van der Waals surface area (Å²) in [5, 5.41) is 0. The van der Waals surface area contributed by atoms with Crippen LogP contribution < -0.4 is 11.5 Å². The van der Waals surface area contributed by atoms with Crippen LogP contribution in [0.15, 0.2) is 18.2 Å². The Labute approximate surface area is 115 Å². The van der Waals surface area contributed by atoms with Gasteiger partial charge in [0.2, 0.25) is 0 Å². The molecule has 1 atom stereocenters. The standard InChI is InChI=1S/C15H24N2O2/c1-3-5-6-7-15(18)19-14(4-2)11-8-12(16)10-13(17)9-11/h8-10,14H,3-7,16-17H2,1-2H3. The Morgan fingerprint density at radius 3 is 2.32 bits per heavy atom. The molecule has 0 heterocycles. The second-order valence-corrected chi connectivity index (χ2v) is 4.78. The highest BCUT2D eigenvalue weighted by Crippen LogP contribution is 2.26. The fourth-order valence-electron chi connectivity index (χ4n) is 2.01. The molecular formula is C15H24N2O2. The van der Waals surface area contributed by atoms with Gasteiger partial charge >= 0.3 is 5.97 Å². The van der Waals surface area contributed by atoms with Crippen LogP contribution in [0.2, 0.25) is 0 Å². The van der Waals surface area contributed by atoms with E-state index in [4.69, 9.17) is 16.2 Å². The average Bonchev–Trinajstić information content (AvgIpc) is 2.35. The van der Waals surface area contributed by atoms with E-state index in [1.165, 1.54) is 0 Å². The lowest BCUT2D eigenvalue weighted by molar-refractivity contribution is -0.149. The second-order valence-electron chi connectivity index (χ2n) is 4.78. The summed E-state index contributed by atoms with van der Waals surface area (Å²) in [6.45, 7) is 4.08. The number of rotatable bonds is 7. The van der Waals surface area contributed by atoms with Gasteiger partial charge in [-0.25, -0.2) is 0 Å². The fourth-order valence-corrected chi connectivity index (χ4v) is 2.01. The van der Waals surface area contributed by atoms with Crippen LogP contribution in [-0.4, -0.2) is 5.97 Å². The summed E-state index contributed by atoms with van der Waals surface area (Å²) in [5.74, 6) is -0.152. The van der Waals surface area contributed by atoms with Gasteiger partial charge in [0.15, 0.2) is 0 Å². The highest BCUT2D eigenvalue weighted by molar-refractivity contribution is 5.69. The third-order valence-electron chi connectivity index (χ3n) is 3.00. The molecule has 1 aromatic rings. The molecule has 0 fully saturated rings. The summed E-state index contributed by atoms with van der Waals surface area (Å²) in [7, 11) is 0. The molecule has 4 N–H and O–H groups in total. The third kappa shape index (κ3) is 5.20. The van der Waals surface area contributed by atoms with Crippen molar-refractivity contribution in [2.24, 2.45) is 0 Å². The number of hydrogen-bond acceptors (Lipinski definition) is 4. The van der Waals surface area contributed by atoms with Gasteiger partial charge in [-0.2, -0.15) is 0 Å². The molecule has 0 aliphatic rings. The Kier molecular flexibility index (Phi) is 6.19. The van der Waals surface area contributed by atoms with Crippen LogP contribution in [0.25, 0.3) is 0 Å². The molecule has 0 radical (unpaired) electrons. The van der Waals surface area contributed by atoms with Gasteiger partial charge in [-0.15, -0.1) is 0 Å². The summed E-state index contributed by atoms with van der Waals surface area (Å²) < 4.78 is 5.49. The molecule has 4 heteroatoms. The minimum Gasteiger partial charge on any atom is -0.457 e. The number of unbranched alkanes of at least 4 members (excludes halogenated alkanes) is 2. The van der Waals surface area contributed by atoms with Gasteiger partial charge in [0.25, 0.3) is 0 Å². The molecule has 0 aliphatic carbocycles. The second kappa shape index (κ2) is 7.67. The van der Waals surface area contributed by atoms with Crippen molar-refractivity contribution in [1.82, 2.24) is 0 Å². The van der Waals surface area contributed by atoms with Crippen LogP contribution in [0.1, 0.15) is 57.6 Å². The van der Waals surface area contributed by atoms with Gasteiger partial charge in [-0.05, 0) is 36.6 Å². The van der Waals surface area contributed by atoms with E-state index >= 15 is 0 Å². The van der Waals surface area contributed by atoms with E-state index < -0.39 is 0 Å². The van der Waals surface area contributed by atoms with Crippen molar-refractivity contribution in [1.29, 1.82) is 0 Å². The van der Waals surface area contributed by atoms with Crippen molar-refractivity contribution in [3.63, 3.8) is 0 Å². The largest absolute Gasteiger partial charge is 0.457 e.